The van der Waals surface area contributed by atoms with Gasteiger partial charge >= 0.3 is 0 Å². The maximum Gasteiger partial charge on any atom is 0.288 e. The lowest BCUT2D eigenvalue weighted by Crippen LogP contribution is -2.33. The highest BCUT2D eigenvalue weighted by Crippen LogP contribution is 2.25. The van der Waals surface area contributed by atoms with Crippen molar-refractivity contribution in [3.05, 3.63) is 68.7 Å². The number of hydrogen-bond acceptors (Lipinski definition) is 6. The van der Waals surface area contributed by atoms with Crippen molar-refractivity contribution in [3.8, 4) is 11.8 Å². The van der Waals surface area contributed by atoms with Crippen LogP contribution in [0.25, 0.3) is 0 Å². The van der Waals surface area contributed by atoms with E-state index < -0.39 is 16.9 Å². The maximum atomic E-state index is 12.1. The summed E-state index contributed by atoms with van der Waals surface area (Å²) < 4.78 is 5.48. The molecule has 0 bridgehead atoms. The van der Waals surface area contributed by atoms with Crippen molar-refractivity contribution in [2.45, 2.75) is 20.0 Å². The van der Waals surface area contributed by atoms with Crippen molar-refractivity contribution in [2.75, 3.05) is 0 Å². The summed E-state index contributed by atoms with van der Waals surface area (Å²) in [5, 5.41) is 23.7. The molecule has 0 spiro atoms. The Balaban J connectivity index is 2.03. The van der Waals surface area contributed by atoms with Crippen molar-refractivity contribution in [2.24, 2.45) is 5.10 Å². The van der Waals surface area contributed by atoms with Crippen molar-refractivity contribution >= 4 is 28.9 Å². The van der Waals surface area contributed by atoms with Gasteiger partial charge in [0.25, 0.3) is 11.6 Å². The summed E-state index contributed by atoms with van der Waals surface area (Å²) in [4.78, 5) is 22.5. The average molecular weight is 387 g/mol. The van der Waals surface area contributed by atoms with Gasteiger partial charge in [0.05, 0.1) is 22.3 Å². The number of nitro benzene ring substituents is 1. The Morgan fingerprint density at radius 3 is 2.59 bits per heavy atom. The molecule has 0 aliphatic heterocycles. The lowest BCUT2D eigenvalue weighted by molar-refractivity contribution is -0.384. The molecule has 2 aromatic carbocycles. The number of hydrogen-bond donors (Lipinski definition) is 1. The van der Waals surface area contributed by atoms with Crippen LogP contribution in [0.5, 0.6) is 5.75 Å². The molecule has 2 aromatic rings. The number of hydrazone groups is 1. The van der Waals surface area contributed by atoms with Crippen molar-refractivity contribution in [1.29, 1.82) is 5.26 Å². The van der Waals surface area contributed by atoms with E-state index in [1.54, 1.807) is 44.2 Å². The molecule has 0 aliphatic carbocycles. The van der Waals surface area contributed by atoms with Crippen LogP contribution in [0.2, 0.25) is 5.02 Å². The fourth-order valence-corrected chi connectivity index (χ4v) is 2.22. The molecular weight excluding hydrogens is 372 g/mol. The Hall–Kier alpha value is -3.44. The Morgan fingerprint density at radius 2 is 2.00 bits per heavy atom. The number of benzene rings is 2. The number of carbonyl (C=O) groups excluding carboxylic acids is 1. The lowest BCUT2D eigenvalue weighted by Gasteiger charge is -2.13. The predicted octanol–water partition coefficient (Wildman–Crippen LogP) is 3.43. The summed E-state index contributed by atoms with van der Waals surface area (Å²) in [5.41, 5.74) is 3.42. The minimum atomic E-state index is -0.839. The smallest absolute Gasteiger partial charge is 0.288 e. The monoisotopic (exact) mass is 386 g/mol. The first-order valence-corrected chi connectivity index (χ1v) is 8.15. The van der Waals surface area contributed by atoms with E-state index in [2.05, 4.69) is 10.5 Å². The number of carbonyl (C=O) groups is 1. The number of nitrogens with one attached hydrogen (secondary N) is 1. The van der Waals surface area contributed by atoms with Gasteiger partial charge in [-0.3, -0.25) is 14.9 Å². The lowest BCUT2D eigenvalue weighted by atomic mass is 10.1. The second-order valence-electron chi connectivity index (χ2n) is 5.49. The molecule has 8 nitrogen and oxygen atoms in total. The maximum absolute atomic E-state index is 12.1. The Labute approximate surface area is 160 Å². The van der Waals surface area contributed by atoms with Crippen LogP contribution in [0.15, 0.2) is 47.6 Å². The van der Waals surface area contributed by atoms with Gasteiger partial charge in [0, 0.05) is 11.6 Å². The summed E-state index contributed by atoms with van der Waals surface area (Å²) in [6.45, 7) is 3.14. The van der Waals surface area contributed by atoms with E-state index in [1.807, 2.05) is 6.07 Å². The van der Waals surface area contributed by atoms with Gasteiger partial charge in [0.2, 0.25) is 0 Å². The summed E-state index contributed by atoms with van der Waals surface area (Å²) in [7, 11) is 0. The van der Waals surface area contributed by atoms with Crippen molar-refractivity contribution in [1.82, 2.24) is 5.43 Å². The molecule has 1 atom stereocenters. The predicted molar refractivity (Wildman–Crippen MR) is 99.7 cm³/mol. The molecule has 0 heterocycles. The zero-order valence-corrected chi connectivity index (χ0v) is 15.2. The largest absolute Gasteiger partial charge is 0.481 e. The fourth-order valence-electron chi connectivity index (χ4n) is 2.04. The van der Waals surface area contributed by atoms with Crippen LogP contribution in [-0.4, -0.2) is 22.6 Å². The van der Waals surface area contributed by atoms with Gasteiger partial charge in [-0.1, -0.05) is 17.7 Å². The molecule has 0 saturated heterocycles. The van der Waals surface area contributed by atoms with E-state index in [0.717, 1.165) is 0 Å². The molecule has 0 saturated carbocycles. The molecule has 9 heteroatoms. The van der Waals surface area contributed by atoms with Crippen molar-refractivity contribution < 1.29 is 14.5 Å². The molecule has 2 rings (SSSR count). The fraction of sp³-hybridized carbons (Fsp3) is 0.167. The average Bonchev–Trinajstić information content (AvgIpc) is 2.66. The number of ether oxygens (including phenoxy) is 1. The summed E-state index contributed by atoms with van der Waals surface area (Å²) >= 11 is 5.78. The van der Waals surface area contributed by atoms with Gasteiger partial charge in [-0.05, 0) is 44.2 Å². The normalized spacial score (nSPS) is 12.0. The van der Waals surface area contributed by atoms with E-state index in [-0.39, 0.29) is 10.7 Å². The molecule has 0 aliphatic rings. The molecule has 1 N–H and O–H groups in total. The molecular formula is C18H15ClN4O4. The number of rotatable bonds is 6. The summed E-state index contributed by atoms with van der Waals surface area (Å²) in [6, 6.07) is 12.6. The third kappa shape index (κ3) is 5.26. The van der Waals surface area contributed by atoms with Gasteiger partial charge < -0.3 is 4.74 Å². The molecule has 1 unspecified atom stereocenters. The quantitative estimate of drug-likeness (QED) is 0.463. The first-order valence-electron chi connectivity index (χ1n) is 7.77. The standard InChI is InChI=1S/C18H15ClN4O4/c1-11(14-5-8-16(19)17(9-14)23(25)26)21-22-18(24)12(2)27-15-6-3-13(10-20)4-7-15/h3-9,12H,1-2H3,(H,22,24)/b21-11+. The zero-order valence-electron chi connectivity index (χ0n) is 14.5. The van der Waals surface area contributed by atoms with Gasteiger partial charge in [0.15, 0.2) is 6.10 Å². The van der Waals surface area contributed by atoms with Crippen LogP contribution in [0.4, 0.5) is 5.69 Å². The Kier molecular flexibility index (Phi) is 6.46. The molecule has 27 heavy (non-hydrogen) atoms. The number of nitrogens with zero attached hydrogens (tertiary/aromatic N) is 3. The number of nitro groups is 1. The second-order valence-corrected chi connectivity index (χ2v) is 5.90. The van der Waals surface area contributed by atoms with Crippen LogP contribution in [0.3, 0.4) is 0 Å². The highest BCUT2D eigenvalue weighted by Gasteiger charge is 2.16. The van der Waals surface area contributed by atoms with Gasteiger partial charge in [-0.25, -0.2) is 5.43 Å². The van der Waals surface area contributed by atoms with E-state index in [9.17, 15) is 14.9 Å². The summed E-state index contributed by atoms with van der Waals surface area (Å²) in [6.07, 6.45) is -0.839. The van der Waals surface area contributed by atoms with Gasteiger partial charge in [0.1, 0.15) is 10.8 Å². The van der Waals surface area contributed by atoms with Crippen LogP contribution < -0.4 is 10.2 Å². The highest BCUT2D eigenvalue weighted by molar-refractivity contribution is 6.32. The van der Waals surface area contributed by atoms with Crippen LogP contribution in [-0.2, 0) is 4.79 Å². The van der Waals surface area contributed by atoms with Crippen LogP contribution in [0.1, 0.15) is 25.0 Å². The van der Waals surface area contributed by atoms with Crippen LogP contribution >= 0.6 is 11.6 Å². The van der Waals surface area contributed by atoms with Gasteiger partial charge in [-0.15, -0.1) is 0 Å². The molecule has 1 amide bonds. The first-order chi connectivity index (χ1) is 12.8. The van der Waals surface area contributed by atoms with E-state index >= 15 is 0 Å². The third-order valence-corrected chi connectivity index (χ3v) is 3.88. The van der Waals surface area contributed by atoms with Crippen LogP contribution in [0, 0.1) is 21.4 Å². The molecule has 0 fully saturated rings. The highest BCUT2D eigenvalue weighted by atomic mass is 35.5. The molecule has 0 radical (unpaired) electrons. The summed E-state index contributed by atoms with van der Waals surface area (Å²) in [5.74, 6) is -0.0622. The number of halogens is 1. The molecule has 138 valence electrons. The SMILES string of the molecule is C/C(=N\NC(=O)C(C)Oc1ccc(C#N)cc1)c1ccc(Cl)c([N+](=O)[O-])c1. The van der Waals surface area contributed by atoms with E-state index in [0.29, 0.717) is 22.6 Å². The topological polar surface area (TPSA) is 118 Å². The second kappa shape index (κ2) is 8.78. The van der Waals surface area contributed by atoms with E-state index in [4.69, 9.17) is 21.6 Å². The third-order valence-electron chi connectivity index (χ3n) is 3.56. The van der Waals surface area contributed by atoms with Crippen molar-refractivity contribution in [3.63, 3.8) is 0 Å². The molecule has 0 aromatic heterocycles. The van der Waals surface area contributed by atoms with Gasteiger partial charge in [-0.2, -0.15) is 10.4 Å². The Bertz CT molecular complexity index is 935. The minimum Gasteiger partial charge on any atom is -0.481 e. The zero-order chi connectivity index (χ0) is 20.0. The number of amides is 1. The van der Waals surface area contributed by atoms with E-state index in [1.165, 1.54) is 12.1 Å². The first kappa shape index (κ1) is 19.9. The number of nitriles is 1. The Morgan fingerprint density at radius 1 is 1.33 bits per heavy atom. The minimum absolute atomic E-state index is 0.0185.